The minimum atomic E-state index is -0.544. The number of rotatable bonds is 3. The second-order valence-corrected chi connectivity index (χ2v) is 13.5. The van der Waals surface area contributed by atoms with Crippen LogP contribution in [-0.2, 0) is 11.3 Å². The van der Waals surface area contributed by atoms with Crippen molar-refractivity contribution >= 4 is 28.5 Å². The van der Waals surface area contributed by atoms with E-state index < -0.39 is 5.60 Å². The third-order valence-corrected chi connectivity index (χ3v) is 11.4. The first-order valence-corrected chi connectivity index (χ1v) is 13.7. The molecule has 0 unspecified atom stereocenters. The predicted molar refractivity (Wildman–Crippen MR) is 135 cm³/mol. The van der Waals surface area contributed by atoms with Crippen LogP contribution in [0.5, 0.6) is 0 Å². The lowest BCUT2D eigenvalue weighted by Crippen LogP contribution is -2.68. The van der Waals surface area contributed by atoms with E-state index >= 15 is 0 Å². The van der Waals surface area contributed by atoms with Crippen molar-refractivity contribution in [1.82, 2.24) is 20.0 Å². The molecule has 7 nitrogen and oxygen atoms in total. The molecule has 3 N–H and O–H groups in total. The number of Topliss-reactive ketones (excluding diaryl/α,β-unsaturated/α-hetero) is 1. The zero-order valence-electron chi connectivity index (χ0n) is 21.1. The summed E-state index contributed by atoms with van der Waals surface area (Å²) in [5, 5.41) is 19.6. The van der Waals surface area contributed by atoms with Gasteiger partial charge in [0.1, 0.15) is 12.1 Å². The molecule has 0 spiro atoms. The summed E-state index contributed by atoms with van der Waals surface area (Å²) in [4.78, 5) is 17.9. The molecule has 0 bridgehead atoms. The smallest absolute Gasteiger partial charge is 0.201 e. The molecule has 6 rings (SSSR count). The van der Waals surface area contributed by atoms with Gasteiger partial charge in [0.05, 0.1) is 10.6 Å². The van der Waals surface area contributed by atoms with Crippen LogP contribution >= 0.6 is 11.6 Å². The number of aliphatic hydroxyl groups is 1. The number of pyridine rings is 1. The Morgan fingerprint density at radius 2 is 1.89 bits per heavy atom. The number of hydrogen-bond donors (Lipinski definition) is 2. The number of aromatic nitrogens is 4. The Bertz CT molecular complexity index is 1180. The van der Waals surface area contributed by atoms with Crippen molar-refractivity contribution in [3.05, 3.63) is 17.3 Å². The van der Waals surface area contributed by atoms with Crippen LogP contribution in [0.15, 0.2) is 12.3 Å². The highest BCUT2D eigenvalue weighted by Crippen LogP contribution is 2.68. The summed E-state index contributed by atoms with van der Waals surface area (Å²) < 4.78 is 1.65. The molecule has 0 aliphatic heterocycles. The molecule has 4 aliphatic carbocycles. The lowest BCUT2D eigenvalue weighted by atomic mass is 9.41. The Morgan fingerprint density at radius 1 is 1.11 bits per heavy atom. The van der Waals surface area contributed by atoms with E-state index in [2.05, 4.69) is 29.1 Å². The average Bonchev–Trinajstić information content (AvgIpc) is 3.35. The van der Waals surface area contributed by atoms with Gasteiger partial charge in [-0.25, -0.2) is 9.67 Å². The molecule has 0 radical (unpaired) electrons. The van der Waals surface area contributed by atoms with Crippen molar-refractivity contribution in [2.75, 3.05) is 0 Å². The molecule has 0 saturated heterocycles. The SMILES string of the molecule is C[C@@]1(O)CC[C@@]2(C)[C@H](CC[C@]3(N)[C@@H]2CC[C@]2(C)[C@@H](C(=O)Cn4nnc5ncc(Cl)cc54)CC[C@H]23)C1. The normalized spacial score (nSPS) is 45.1. The van der Waals surface area contributed by atoms with Gasteiger partial charge < -0.3 is 10.8 Å². The van der Waals surface area contributed by atoms with Crippen LogP contribution in [0.1, 0.15) is 78.6 Å². The molecule has 8 atom stereocenters. The zero-order chi connectivity index (χ0) is 24.8. The number of nitrogens with two attached hydrogens (primary N) is 1. The molecule has 2 aromatic heterocycles. The van der Waals surface area contributed by atoms with Gasteiger partial charge in [0.25, 0.3) is 0 Å². The maximum atomic E-state index is 13.7. The topological polar surface area (TPSA) is 107 Å². The number of nitrogens with zero attached hydrogens (tertiary/aromatic N) is 4. The summed E-state index contributed by atoms with van der Waals surface area (Å²) in [6.45, 7) is 6.98. The van der Waals surface area contributed by atoms with Gasteiger partial charge in [0.2, 0.25) is 5.65 Å². The molecule has 35 heavy (non-hydrogen) atoms. The first-order chi connectivity index (χ1) is 16.5. The Hall–Kier alpha value is -1.57. The van der Waals surface area contributed by atoms with Crippen molar-refractivity contribution < 1.29 is 9.90 Å². The number of halogens is 1. The second kappa shape index (κ2) is 7.72. The number of hydrogen-bond acceptors (Lipinski definition) is 6. The summed E-state index contributed by atoms with van der Waals surface area (Å²) >= 11 is 6.14. The van der Waals surface area contributed by atoms with Crippen LogP contribution in [0.2, 0.25) is 5.02 Å². The Morgan fingerprint density at radius 3 is 2.69 bits per heavy atom. The molecule has 0 aromatic carbocycles. The first kappa shape index (κ1) is 23.8. The van der Waals surface area contributed by atoms with E-state index in [4.69, 9.17) is 17.3 Å². The fourth-order valence-corrected chi connectivity index (χ4v) is 9.54. The molecular formula is C27H38ClN5O2. The Balaban J connectivity index is 1.25. The van der Waals surface area contributed by atoms with E-state index in [0.717, 1.165) is 57.8 Å². The average molecular weight is 500 g/mol. The highest BCUT2D eigenvalue weighted by Gasteiger charge is 2.66. The summed E-state index contributed by atoms with van der Waals surface area (Å²) in [7, 11) is 0. The van der Waals surface area contributed by atoms with Gasteiger partial charge in [-0.05, 0) is 99.4 Å². The van der Waals surface area contributed by atoms with E-state index in [1.165, 1.54) is 0 Å². The predicted octanol–water partition coefficient (Wildman–Crippen LogP) is 4.54. The summed E-state index contributed by atoms with van der Waals surface area (Å²) in [5.41, 5.74) is 8.00. The van der Waals surface area contributed by atoms with Gasteiger partial charge in [-0.2, -0.15) is 0 Å². The van der Waals surface area contributed by atoms with Crippen LogP contribution in [0.3, 0.4) is 0 Å². The van der Waals surface area contributed by atoms with Crippen LogP contribution in [-0.4, -0.2) is 42.0 Å². The maximum absolute atomic E-state index is 13.7. The largest absolute Gasteiger partial charge is 0.390 e. The van der Waals surface area contributed by atoms with Gasteiger partial charge in [-0.3, -0.25) is 4.79 Å². The van der Waals surface area contributed by atoms with E-state index in [0.29, 0.717) is 33.9 Å². The fraction of sp³-hybridized carbons (Fsp3) is 0.778. The molecule has 2 aromatic rings. The summed E-state index contributed by atoms with van der Waals surface area (Å²) in [6, 6.07) is 1.77. The van der Waals surface area contributed by atoms with E-state index in [1.807, 2.05) is 6.92 Å². The van der Waals surface area contributed by atoms with E-state index in [-0.39, 0.29) is 34.6 Å². The highest BCUT2D eigenvalue weighted by atomic mass is 35.5. The maximum Gasteiger partial charge on any atom is 0.201 e. The molecule has 0 amide bonds. The lowest BCUT2D eigenvalue weighted by molar-refractivity contribution is -0.159. The number of carbonyl (C=O) groups is 1. The molecule has 8 heteroatoms. The first-order valence-electron chi connectivity index (χ1n) is 13.3. The van der Waals surface area contributed by atoms with Gasteiger partial charge >= 0.3 is 0 Å². The standard InChI is InChI=1S/C27H38ClN5O2/c1-24(35)10-11-25(2)16(13-24)6-9-27(29)21-5-4-18(26(21,3)8-7-22(25)27)20(34)15-33-19-12-17(28)14-30-23(19)31-32-33/h12,14,16,18,21-22,35H,4-11,13,15,29H2,1-3H3/t16-,18-,21-,22-,24-,25+,26-,27-/m1/s1. The zero-order valence-corrected chi connectivity index (χ0v) is 21.9. The molecule has 190 valence electrons. The molecule has 4 saturated carbocycles. The molecular weight excluding hydrogens is 462 g/mol. The molecule has 4 aliphatic rings. The van der Waals surface area contributed by atoms with Gasteiger partial charge in [0.15, 0.2) is 5.78 Å². The minimum Gasteiger partial charge on any atom is -0.390 e. The third-order valence-electron chi connectivity index (χ3n) is 11.2. The Kier molecular flexibility index (Phi) is 5.25. The van der Waals surface area contributed by atoms with Crippen LogP contribution in [0.4, 0.5) is 0 Å². The van der Waals surface area contributed by atoms with Crippen molar-refractivity contribution in [2.45, 2.75) is 96.2 Å². The molecule has 2 heterocycles. The lowest BCUT2D eigenvalue weighted by Gasteiger charge is -2.66. The second-order valence-electron chi connectivity index (χ2n) is 13.0. The summed E-state index contributed by atoms with van der Waals surface area (Å²) in [6.07, 6.45) is 10.5. The van der Waals surface area contributed by atoms with Crippen LogP contribution < -0.4 is 5.73 Å². The quantitative estimate of drug-likeness (QED) is 0.642. The molecule has 4 fully saturated rings. The number of fused-ring (bicyclic) bond motifs is 6. The minimum absolute atomic E-state index is 0.0158. The number of ketones is 1. The monoisotopic (exact) mass is 499 g/mol. The van der Waals surface area contributed by atoms with Crippen LogP contribution in [0, 0.1) is 34.5 Å². The van der Waals surface area contributed by atoms with Crippen molar-refractivity contribution in [2.24, 2.45) is 40.2 Å². The van der Waals surface area contributed by atoms with Gasteiger partial charge in [-0.1, -0.05) is 30.7 Å². The summed E-state index contributed by atoms with van der Waals surface area (Å²) in [5.74, 6) is 1.56. The highest BCUT2D eigenvalue weighted by molar-refractivity contribution is 6.31. The van der Waals surface area contributed by atoms with Crippen molar-refractivity contribution in [3.63, 3.8) is 0 Å². The van der Waals surface area contributed by atoms with Crippen LogP contribution in [0.25, 0.3) is 11.2 Å². The van der Waals surface area contributed by atoms with Gasteiger partial charge in [0, 0.05) is 17.7 Å². The van der Waals surface area contributed by atoms with E-state index in [9.17, 15) is 9.90 Å². The fourth-order valence-electron chi connectivity index (χ4n) is 9.39. The van der Waals surface area contributed by atoms with E-state index in [1.54, 1.807) is 16.9 Å². The third kappa shape index (κ3) is 3.44. The van der Waals surface area contributed by atoms with Crippen molar-refractivity contribution in [1.29, 1.82) is 0 Å². The van der Waals surface area contributed by atoms with Gasteiger partial charge in [-0.15, -0.1) is 5.10 Å². The Labute approximate surface area is 212 Å². The van der Waals surface area contributed by atoms with Crippen molar-refractivity contribution in [3.8, 4) is 0 Å². The number of carbonyl (C=O) groups excluding carboxylic acids is 1.